The van der Waals surface area contributed by atoms with Gasteiger partial charge in [0.15, 0.2) is 0 Å². The van der Waals surface area contributed by atoms with Gasteiger partial charge in [-0.05, 0) is 36.2 Å². The number of rotatable bonds is 5. The number of nitrogens with one attached hydrogen (secondary N) is 1. The molecule has 0 saturated heterocycles. The summed E-state index contributed by atoms with van der Waals surface area (Å²) in [7, 11) is 0. The summed E-state index contributed by atoms with van der Waals surface area (Å²) >= 11 is 0. The molecule has 1 N–H and O–H groups in total. The van der Waals surface area contributed by atoms with Crippen LogP contribution in [-0.4, -0.2) is 30.4 Å². The third kappa shape index (κ3) is 3.12. The molecule has 1 aliphatic rings. The van der Waals surface area contributed by atoms with Gasteiger partial charge in [-0.1, -0.05) is 18.2 Å². The van der Waals surface area contributed by atoms with Gasteiger partial charge in [0.05, 0.1) is 0 Å². The van der Waals surface area contributed by atoms with Crippen LogP contribution in [0, 0.1) is 0 Å². The molecule has 19 heavy (non-hydrogen) atoms. The Morgan fingerprint density at radius 2 is 2.00 bits per heavy atom. The summed E-state index contributed by atoms with van der Waals surface area (Å²) in [5, 5.41) is 3.33. The number of benzene rings is 1. The van der Waals surface area contributed by atoms with Gasteiger partial charge in [-0.2, -0.15) is 0 Å². The minimum atomic E-state index is 0.0353. The lowest BCUT2D eigenvalue weighted by atomic mass is 9.98. The van der Waals surface area contributed by atoms with Crippen LogP contribution in [0.25, 0.3) is 0 Å². The molecule has 0 atom stereocenters. The van der Waals surface area contributed by atoms with Gasteiger partial charge in [-0.15, -0.1) is 13.2 Å². The Morgan fingerprint density at radius 3 is 2.68 bits per heavy atom. The normalized spacial score (nSPS) is 13.5. The van der Waals surface area contributed by atoms with Crippen molar-refractivity contribution in [2.45, 2.75) is 13.0 Å². The third-order valence-corrected chi connectivity index (χ3v) is 3.33. The Hall–Kier alpha value is -1.87. The van der Waals surface area contributed by atoms with E-state index in [0.29, 0.717) is 13.1 Å². The second-order valence-corrected chi connectivity index (χ2v) is 4.70. The van der Waals surface area contributed by atoms with Crippen LogP contribution in [0.4, 0.5) is 0 Å². The van der Waals surface area contributed by atoms with Gasteiger partial charge in [0.1, 0.15) is 0 Å². The third-order valence-electron chi connectivity index (χ3n) is 3.33. The summed E-state index contributed by atoms with van der Waals surface area (Å²) in [4.78, 5) is 14.2. The maximum Gasteiger partial charge on any atom is 0.254 e. The fourth-order valence-corrected chi connectivity index (χ4v) is 2.35. The zero-order chi connectivity index (χ0) is 13.7. The van der Waals surface area contributed by atoms with E-state index in [1.54, 1.807) is 17.1 Å². The van der Waals surface area contributed by atoms with E-state index in [0.717, 1.165) is 25.1 Å². The molecule has 0 radical (unpaired) electrons. The van der Waals surface area contributed by atoms with Crippen LogP contribution < -0.4 is 5.32 Å². The maximum atomic E-state index is 12.4. The van der Waals surface area contributed by atoms with E-state index in [9.17, 15) is 4.79 Å². The Morgan fingerprint density at radius 1 is 1.26 bits per heavy atom. The number of hydrogen-bond acceptors (Lipinski definition) is 2. The molecule has 0 bridgehead atoms. The van der Waals surface area contributed by atoms with E-state index in [-0.39, 0.29) is 5.91 Å². The van der Waals surface area contributed by atoms with Crippen LogP contribution in [0.3, 0.4) is 0 Å². The Balaban J connectivity index is 2.22. The average Bonchev–Trinajstić information content (AvgIpc) is 2.46. The zero-order valence-electron chi connectivity index (χ0n) is 11.2. The predicted molar refractivity (Wildman–Crippen MR) is 78.2 cm³/mol. The van der Waals surface area contributed by atoms with Crippen LogP contribution in [0.5, 0.6) is 0 Å². The number of fused-ring (bicyclic) bond motifs is 1. The summed E-state index contributed by atoms with van der Waals surface area (Å²) in [5.41, 5.74) is 3.31. The molecule has 1 heterocycles. The molecule has 0 spiro atoms. The molecule has 0 saturated carbocycles. The number of amides is 1. The lowest BCUT2D eigenvalue weighted by molar-refractivity contribution is 0.0790. The average molecular weight is 256 g/mol. The standard InChI is InChI=1S/C16H20N2O/c1-3-9-18(10-4-2)16(19)14-6-5-13-7-8-17-12-15(13)11-14/h3-6,11,17H,1-2,7-10,12H2. The molecule has 1 aromatic carbocycles. The van der Waals surface area contributed by atoms with Gasteiger partial charge in [0.2, 0.25) is 0 Å². The van der Waals surface area contributed by atoms with Gasteiger partial charge in [-0.3, -0.25) is 4.79 Å². The lowest BCUT2D eigenvalue weighted by Crippen LogP contribution is -2.32. The molecule has 3 heteroatoms. The van der Waals surface area contributed by atoms with Gasteiger partial charge in [0.25, 0.3) is 5.91 Å². The molecule has 1 aliphatic heterocycles. The van der Waals surface area contributed by atoms with E-state index in [1.807, 2.05) is 12.1 Å². The van der Waals surface area contributed by atoms with Crippen molar-refractivity contribution < 1.29 is 4.79 Å². The van der Waals surface area contributed by atoms with Crippen molar-refractivity contribution in [1.29, 1.82) is 0 Å². The van der Waals surface area contributed by atoms with Crippen LogP contribution in [0.15, 0.2) is 43.5 Å². The highest BCUT2D eigenvalue weighted by Crippen LogP contribution is 2.17. The SMILES string of the molecule is C=CCN(CC=C)C(=O)c1ccc2c(c1)CNCC2. The Kier molecular flexibility index (Phi) is 4.53. The molecule has 1 aromatic rings. The van der Waals surface area contributed by atoms with Crippen molar-refractivity contribution >= 4 is 5.91 Å². The molecule has 100 valence electrons. The van der Waals surface area contributed by atoms with Crippen molar-refractivity contribution in [3.8, 4) is 0 Å². The Labute approximate surface area is 114 Å². The van der Waals surface area contributed by atoms with E-state index in [4.69, 9.17) is 0 Å². The summed E-state index contributed by atoms with van der Waals surface area (Å²) in [6.45, 7) is 10.3. The molecular weight excluding hydrogens is 236 g/mol. The molecule has 0 aromatic heterocycles. The van der Waals surface area contributed by atoms with Crippen molar-refractivity contribution in [3.05, 3.63) is 60.2 Å². The van der Waals surface area contributed by atoms with Crippen LogP contribution in [0.2, 0.25) is 0 Å². The quantitative estimate of drug-likeness (QED) is 0.819. The summed E-state index contributed by atoms with van der Waals surface area (Å²) in [6, 6.07) is 6.00. The lowest BCUT2D eigenvalue weighted by Gasteiger charge is -2.22. The first kappa shape index (κ1) is 13.6. The molecule has 0 fully saturated rings. The molecular formula is C16H20N2O. The summed E-state index contributed by atoms with van der Waals surface area (Å²) in [6.07, 6.45) is 4.51. The fourth-order valence-electron chi connectivity index (χ4n) is 2.35. The second kappa shape index (κ2) is 6.34. The van der Waals surface area contributed by atoms with Crippen molar-refractivity contribution in [1.82, 2.24) is 10.2 Å². The molecule has 3 nitrogen and oxygen atoms in total. The largest absolute Gasteiger partial charge is 0.331 e. The number of nitrogens with zero attached hydrogens (tertiary/aromatic N) is 1. The van der Waals surface area contributed by atoms with Gasteiger partial charge in [-0.25, -0.2) is 0 Å². The minimum absolute atomic E-state index is 0.0353. The molecule has 2 rings (SSSR count). The molecule has 0 aliphatic carbocycles. The zero-order valence-corrected chi connectivity index (χ0v) is 11.2. The van der Waals surface area contributed by atoms with Gasteiger partial charge >= 0.3 is 0 Å². The van der Waals surface area contributed by atoms with Crippen LogP contribution in [-0.2, 0) is 13.0 Å². The van der Waals surface area contributed by atoms with E-state index in [1.165, 1.54) is 11.1 Å². The Bertz CT molecular complexity index is 484. The van der Waals surface area contributed by atoms with E-state index < -0.39 is 0 Å². The smallest absolute Gasteiger partial charge is 0.254 e. The van der Waals surface area contributed by atoms with E-state index >= 15 is 0 Å². The number of hydrogen-bond donors (Lipinski definition) is 1. The van der Waals surface area contributed by atoms with E-state index in [2.05, 4.69) is 24.5 Å². The maximum absolute atomic E-state index is 12.4. The van der Waals surface area contributed by atoms with Gasteiger partial charge < -0.3 is 10.2 Å². The predicted octanol–water partition coefficient (Wildman–Crippen LogP) is 2.15. The fraction of sp³-hybridized carbons (Fsp3) is 0.312. The highest BCUT2D eigenvalue weighted by Gasteiger charge is 2.16. The van der Waals surface area contributed by atoms with Crippen molar-refractivity contribution in [2.24, 2.45) is 0 Å². The summed E-state index contributed by atoms with van der Waals surface area (Å²) < 4.78 is 0. The molecule has 1 amide bonds. The van der Waals surface area contributed by atoms with Crippen molar-refractivity contribution in [3.63, 3.8) is 0 Å². The first-order chi connectivity index (χ1) is 9.26. The minimum Gasteiger partial charge on any atom is -0.331 e. The molecule has 0 unspecified atom stereocenters. The second-order valence-electron chi connectivity index (χ2n) is 4.70. The monoisotopic (exact) mass is 256 g/mol. The summed E-state index contributed by atoms with van der Waals surface area (Å²) in [5.74, 6) is 0.0353. The van der Waals surface area contributed by atoms with Crippen molar-refractivity contribution in [2.75, 3.05) is 19.6 Å². The van der Waals surface area contributed by atoms with Crippen LogP contribution >= 0.6 is 0 Å². The van der Waals surface area contributed by atoms with Gasteiger partial charge in [0, 0.05) is 25.2 Å². The topological polar surface area (TPSA) is 32.3 Å². The first-order valence-corrected chi connectivity index (χ1v) is 6.60. The van der Waals surface area contributed by atoms with Crippen LogP contribution in [0.1, 0.15) is 21.5 Å². The first-order valence-electron chi connectivity index (χ1n) is 6.60. The number of carbonyl (C=O) groups is 1. The highest BCUT2D eigenvalue weighted by molar-refractivity contribution is 5.94. The highest BCUT2D eigenvalue weighted by atomic mass is 16.2. The number of carbonyl (C=O) groups excluding carboxylic acids is 1.